The monoisotopic (exact) mass is 220 g/mol. The molecule has 2 heterocycles. The third kappa shape index (κ3) is 1.28. The second kappa shape index (κ2) is 3.45. The highest BCUT2D eigenvalue weighted by atomic mass is 19.1. The highest BCUT2D eigenvalue weighted by Gasteiger charge is 2.22. The molecule has 1 fully saturated rings. The molecule has 5 heteroatoms. The Morgan fingerprint density at radius 1 is 1.50 bits per heavy atom. The minimum atomic E-state index is -0.311. The molecule has 0 radical (unpaired) electrons. The van der Waals surface area contributed by atoms with Crippen LogP contribution < -0.4 is 11.1 Å². The molecule has 1 aromatic carbocycles. The van der Waals surface area contributed by atoms with Gasteiger partial charge >= 0.3 is 0 Å². The molecular formula is C11H13FN4. The van der Waals surface area contributed by atoms with E-state index in [1.807, 2.05) is 10.6 Å². The number of imidazole rings is 1. The lowest BCUT2D eigenvalue weighted by molar-refractivity contribution is 0.569. The molecule has 1 atom stereocenters. The Kier molecular flexibility index (Phi) is 2.07. The highest BCUT2D eigenvalue weighted by molar-refractivity contribution is 5.79. The van der Waals surface area contributed by atoms with Gasteiger partial charge in [0, 0.05) is 6.54 Å². The van der Waals surface area contributed by atoms with Gasteiger partial charge in [0.2, 0.25) is 5.95 Å². The lowest BCUT2D eigenvalue weighted by atomic mass is 10.2. The second-order valence-corrected chi connectivity index (χ2v) is 4.09. The van der Waals surface area contributed by atoms with E-state index in [4.69, 9.17) is 5.73 Å². The van der Waals surface area contributed by atoms with Gasteiger partial charge in [0.05, 0.1) is 11.6 Å². The minimum Gasteiger partial charge on any atom is -0.369 e. The molecule has 1 unspecified atom stereocenters. The minimum absolute atomic E-state index is 0.284. The maximum atomic E-state index is 13.5. The fourth-order valence-electron chi connectivity index (χ4n) is 2.34. The number of hydrogen-bond donors (Lipinski definition) is 2. The Bertz CT molecular complexity index is 528. The summed E-state index contributed by atoms with van der Waals surface area (Å²) < 4.78 is 15.4. The summed E-state index contributed by atoms with van der Waals surface area (Å²) in [5.41, 5.74) is 7.01. The van der Waals surface area contributed by atoms with Gasteiger partial charge in [-0.15, -0.1) is 0 Å². The quantitative estimate of drug-likeness (QED) is 0.761. The van der Waals surface area contributed by atoms with Crippen molar-refractivity contribution in [1.82, 2.24) is 14.9 Å². The smallest absolute Gasteiger partial charge is 0.201 e. The molecule has 0 amide bonds. The number of aromatic nitrogens is 2. The number of fused-ring (bicyclic) bond motifs is 1. The van der Waals surface area contributed by atoms with Crippen LogP contribution in [-0.2, 0) is 0 Å². The molecule has 2 aromatic rings. The first-order valence-electron chi connectivity index (χ1n) is 5.40. The number of hydrogen-bond acceptors (Lipinski definition) is 3. The lowest BCUT2D eigenvalue weighted by Gasteiger charge is -2.13. The van der Waals surface area contributed by atoms with Crippen molar-refractivity contribution >= 4 is 17.0 Å². The zero-order chi connectivity index (χ0) is 11.1. The predicted molar refractivity (Wildman–Crippen MR) is 60.6 cm³/mol. The largest absolute Gasteiger partial charge is 0.369 e. The molecular weight excluding hydrogens is 207 g/mol. The van der Waals surface area contributed by atoms with Crippen molar-refractivity contribution in [2.24, 2.45) is 0 Å². The van der Waals surface area contributed by atoms with Crippen molar-refractivity contribution in [3.63, 3.8) is 0 Å². The van der Waals surface area contributed by atoms with Crippen LogP contribution in [0.15, 0.2) is 18.2 Å². The summed E-state index contributed by atoms with van der Waals surface area (Å²) in [6, 6.07) is 5.25. The number of nitrogen functional groups attached to an aromatic ring is 1. The maximum Gasteiger partial charge on any atom is 0.201 e. The van der Waals surface area contributed by atoms with Crippen LogP contribution in [0.4, 0.5) is 10.3 Å². The topological polar surface area (TPSA) is 55.9 Å². The van der Waals surface area contributed by atoms with Crippen molar-refractivity contribution in [3.05, 3.63) is 24.0 Å². The van der Waals surface area contributed by atoms with Crippen molar-refractivity contribution in [1.29, 1.82) is 0 Å². The van der Waals surface area contributed by atoms with Gasteiger partial charge in [0.15, 0.2) is 5.82 Å². The van der Waals surface area contributed by atoms with Gasteiger partial charge in [-0.3, -0.25) is 0 Å². The number of nitrogens with one attached hydrogen (secondary N) is 1. The van der Waals surface area contributed by atoms with Crippen molar-refractivity contribution in [2.75, 3.05) is 18.8 Å². The number of benzene rings is 1. The summed E-state index contributed by atoms with van der Waals surface area (Å²) in [5.74, 6) is 0.0858. The van der Waals surface area contributed by atoms with Gasteiger partial charge in [-0.2, -0.15) is 0 Å². The van der Waals surface area contributed by atoms with Crippen LogP contribution in [0.5, 0.6) is 0 Å². The summed E-state index contributed by atoms with van der Waals surface area (Å²) >= 11 is 0. The number of rotatable bonds is 1. The molecule has 4 nitrogen and oxygen atoms in total. The van der Waals surface area contributed by atoms with Gasteiger partial charge in [0.25, 0.3) is 0 Å². The molecule has 16 heavy (non-hydrogen) atoms. The van der Waals surface area contributed by atoms with Gasteiger partial charge in [-0.05, 0) is 25.1 Å². The van der Waals surface area contributed by atoms with Crippen LogP contribution >= 0.6 is 0 Å². The third-order valence-corrected chi connectivity index (χ3v) is 3.10. The maximum absolute atomic E-state index is 13.5. The van der Waals surface area contributed by atoms with E-state index >= 15 is 0 Å². The fourth-order valence-corrected chi connectivity index (χ4v) is 2.34. The number of nitrogens with two attached hydrogens (primary N) is 1. The van der Waals surface area contributed by atoms with E-state index in [0.717, 1.165) is 25.0 Å². The van der Waals surface area contributed by atoms with Crippen LogP contribution in [0.3, 0.4) is 0 Å². The summed E-state index contributed by atoms with van der Waals surface area (Å²) in [6.07, 6.45) is 1.01. The zero-order valence-corrected chi connectivity index (χ0v) is 8.78. The first kappa shape index (κ1) is 9.59. The van der Waals surface area contributed by atoms with Crippen LogP contribution in [0.25, 0.3) is 11.0 Å². The van der Waals surface area contributed by atoms with Crippen LogP contribution in [0.2, 0.25) is 0 Å². The Hall–Kier alpha value is -1.62. The van der Waals surface area contributed by atoms with E-state index in [0.29, 0.717) is 11.5 Å². The second-order valence-electron chi connectivity index (χ2n) is 4.09. The van der Waals surface area contributed by atoms with Gasteiger partial charge < -0.3 is 15.6 Å². The summed E-state index contributed by atoms with van der Waals surface area (Å²) in [5, 5.41) is 3.27. The first-order valence-corrected chi connectivity index (χ1v) is 5.40. The molecule has 0 spiro atoms. The molecule has 1 saturated heterocycles. The Balaban J connectivity index is 2.22. The molecule has 0 bridgehead atoms. The molecule has 1 aromatic heterocycles. The van der Waals surface area contributed by atoms with Crippen molar-refractivity contribution in [2.45, 2.75) is 12.5 Å². The van der Waals surface area contributed by atoms with E-state index in [2.05, 4.69) is 10.3 Å². The van der Waals surface area contributed by atoms with Crippen LogP contribution in [0.1, 0.15) is 12.5 Å². The molecule has 0 saturated carbocycles. The van der Waals surface area contributed by atoms with E-state index in [9.17, 15) is 4.39 Å². The molecule has 1 aliphatic rings. The predicted octanol–water partition coefficient (Wildman–Crippen LogP) is 1.29. The standard InChI is InChI=1S/C11H13FN4/c12-8-2-1-3-9-10(8)15-11(13)16(9)7-4-5-14-6-7/h1-3,7,14H,4-6H2,(H2,13,15). The molecule has 3 rings (SSSR count). The SMILES string of the molecule is Nc1nc2c(F)cccc2n1C1CCNC1. The average molecular weight is 220 g/mol. The first-order chi connectivity index (χ1) is 7.77. The van der Waals surface area contributed by atoms with Crippen molar-refractivity contribution in [3.8, 4) is 0 Å². The summed E-state index contributed by atoms with van der Waals surface area (Å²) in [4.78, 5) is 4.10. The molecule has 3 N–H and O–H groups in total. The number of anilines is 1. The average Bonchev–Trinajstić information content (AvgIpc) is 2.85. The highest BCUT2D eigenvalue weighted by Crippen LogP contribution is 2.27. The molecule has 0 aliphatic carbocycles. The van der Waals surface area contributed by atoms with Gasteiger partial charge in [-0.25, -0.2) is 9.37 Å². The fraction of sp³-hybridized carbons (Fsp3) is 0.364. The Morgan fingerprint density at radius 2 is 2.38 bits per heavy atom. The van der Waals surface area contributed by atoms with E-state index in [1.165, 1.54) is 6.07 Å². The van der Waals surface area contributed by atoms with E-state index in [1.54, 1.807) is 6.07 Å². The Labute approximate surface area is 92.3 Å². The summed E-state index contributed by atoms with van der Waals surface area (Å²) in [7, 11) is 0. The van der Waals surface area contributed by atoms with E-state index < -0.39 is 0 Å². The zero-order valence-electron chi connectivity index (χ0n) is 8.78. The van der Waals surface area contributed by atoms with Crippen molar-refractivity contribution < 1.29 is 4.39 Å². The Morgan fingerprint density at radius 3 is 3.12 bits per heavy atom. The van der Waals surface area contributed by atoms with Gasteiger partial charge in [0.1, 0.15) is 5.52 Å². The summed E-state index contributed by atoms with van der Waals surface area (Å²) in [6.45, 7) is 1.84. The van der Waals surface area contributed by atoms with Crippen LogP contribution in [0, 0.1) is 5.82 Å². The van der Waals surface area contributed by atoms with E-state index in [-0.39, 0.29) is 11.9 Å². The molecule has 1 aliphatic heterocycles. The van der Waals surface area contributed by atoms with Crippen LogP contribution in [-0.4, -0.2) is 22.6 Å². The number of para-hydroxylation sites is 1. The normalized spacial score (nSPS) is 20.7. The third-order valence-electron chi connectivity index (χ3n) is 3.10. The number of halogens is 1. The number of nitrogens with zero attached hydrogens (tertiary/aromatic N) is 2. The van der Waals surface area contributed by atoms with Gasteiger partial charge in [-0.1, -0.05) is 6.07 Å². The molecule has 84 valence electrons. The lowest BCUT2D eigenvalue weighted by Crippen LogP contribution is -2.15.